The molecule has 0 atom stereocenters. The Morgan fingerprint density at radius 2 is 1.14 bits per heavy atom. The van der Waals surface area contributed by atoms with Crippen LogP contribution in [0.3, 0.4) is 0 Å². The van der Waals surface area contributed by atoms with E-state index in [-0.39, 0.29) is 5.41 Å². The lowest BCUT2D eigenvalue weighted by Gasteiger charge is -2.21. The fourth-order valence-corrected chi connectivity index (χ4v) is 6.61. The molecule has 0 bridgehead atoms. The lowest BCUT2D eigenvalue weighted by Crippen LogP contribution is -2.14. The summed E-state index contributed by atoms with van der Waals surface area (Å²) in [6.07, 6.45) is 0. The minimum Gasteiger partial charge on any atom is -0.278 e. The summed E-state index contributed by atoms with van der Waals surface area (Å²) in [4.78, 5) is 15.0. The lowest BCUT2D eigenvalue weighted by molar-refractivity contribution is 0.660. The third-order valence-corrected chi connectivity index (χ3v) is 8.69. The molecular weight excluding hydrogens is 540 g/mol. The van der Waals surface area contributed by atoms with Crippen LogP contribution in [0, 0.1) is 22.7 Å². The van der Waals surface area contributed by atoms with Crippen molar-refractivity contribution in [1.82, 2.24) is 19.5 Å². The van der Waals surface area contributed by atoms with Gasteiger partial charge in [-0.2, -0.15) is 20.5 Å². The average Bonchev–Trinajstić information content (AvgIpc) is 3.53. The molecule has 1 aliphatic carbocycles. The molecule has 2 aromatic heterocycles. The van der Waals surface area contributed by atoms with Crippen LogP contribution in [-0.2, 0) is 5.41 Å². The van der Waals surface area contributed by atoms with E-state index in [2.05, 4.69) is 97.3 Å². The van der Waals surface area contributed by atoms with Crippen LogP contribution in [0.2, 0.25) is 0 Å². The molecule has 7 aromatic rings. The van der Waals surface area contributed by atoms with E-state index in [0.29, 0.717) is 34.3 Å². The van der Waals surface area contributed by atoms with Crippen molar-refractivity contribution >= 4 is 21.8 Å². The maximum atomic E-state index is 9.70. The molecule has 44 heavy (non-hydrogen) atoms. The quantitative estimate of drug-likeness (QED) is 0.215. The first-order valence-electron chi connectivity index (χ1n) is 14.4. The van der Waals surface area contributed by atoms with Crippen molar-refractivity contribution in [1.29, 1.82) is 10.5 Å². The van der Waals surface area contributed by atoms with E-state index in [0.717, 1.165) is 27.4 Å². The first-order chi connectivity index (χ1) is 21.5. The Kier molecular flexibility index (Phi) is 5.50. The minimum absolute atomic E-state index is 0.117. The largest absolute Gasteiger partial charge is 0.278 e. The second-order valence-electron chi connectivity index (χ2n) is 11.6. The molecule has 0 saturated heterocycles. The molecule has 0 fully saturated rings. The van der Waals surface area contributed by atoms with Crippen molar-refractivity contribution in [3.8, 4) is 52.0 Å². The Bertz CT molecular complexity index is 2310. The van der Waals surface area contributed by atoms with Gasteiger partial charge in [0.2, 0.25) is 5.95 Å². The fraction of sp³-hybridized carbons (Fsp3) is 0.0789. The molecule has 0 spiro atoms. The van der Waals surface area contributed by atoms with Crippen LogP contribution in [0.4, 0.5) is 0 Å². The fourth-order valence-electron chi connectivity index (χ4n) is 6.61. The van der Waals surface area contributed by atoms with Gasteiger partial charge in [0.15, 0.2) is 11.6 Å². The van der Waals surface area contributed by atoms with Gasteiger partial charge in [0.1, 0.15) is 0 Å². The zero-order valence-electron chi connectivity index (χ0n) is 24.1. The van der Waals surface area contributed by atoms with E-state index in [1.807, 2.05) is 24.3 Å². The zero-order chi connectivity index (χ0) is 30.0. The van der Waals surface area contributed by atoms with Crippen molar-refractivity contribution in [2.24, 2.45) is 0 Å². The highest BCUT2D eigenvalue weighted by atomic mass is 15.2. The van der Waals surface area contributed by atoms with Gasteiger partial charge in [-0.1, -0.05) is 86.6 Å². The van der Waals surface area contributed by atoms with Crippen LogP contribution in [0.5, 0.6) is 0 Å². The van der Waals surface area contributed by atoms with E-state index in [4.69, 9.17) is 15.0 Å². The number of benzene rings is 5. The third-order valence-electron chi connectivity index (χ3n) is 8.69. The van der Waals surface area contributed by atoms with E-state index in [9.17, 15) is 10.5 Å². The smallest absolute Gasteiger partial charge is 0.238 e. The molecule has 206 valence electrons. The lowest BCUT2D eigenvalue weighted by atomic mass is 9.82. The molecule has 2 heterocycles. The Hall–Kier alpha value is -6.11. The van der Waals surface area contributed by atoms with Gasteiger partial charge >= 0.3 is 0 Å². The number of fused-ring (bicyclic) bond motifs is 6. The topological polar surface area (TPSA) is 91.2 Å². The van der Waals surface area contributed by atoms with Gasteiger partial charge in [-0.05, 0) is 58.7 Å². The molecule has 0 amide bonds. The molecule has 6 nitrogen and oxygen atoms in total. The van der Waals surface area contributed by atoms with Gasteiger partial charge in [-0.25, -0.2) is 4.98 Å². The van der Waals surface area contributed by atoms with E-state index in [1.165, 1.54) is 22.3 Å². The van der Waals surface area contributed by atoms with Crippen LogP contribution in [0.15, 0.2) is 109 Å². The average molecular weight is 565 g/mol. The van der Waals surface area contributed by atoms with Gasteiger partial charge < -0.3 is 0 Å². The molecule has 5 aromatic carbocycles. The second-order valence-corrected chi connectivity index (χ2v) is 11.6. The summed E-state index contributed by atoms with van der Waals surface area (Å²) in [5.74, 6) is 1.36. The minimum atomic E-state index is -0.117. The number of para-hydroxylation sites is 2. The highest BCUT2D eigenvalue weighted by Gasteiger charge is 2.35. The summed E-state index contributed by atoms with van der Waals surface area (Å²) < 4.78 is 2.06. The predicted octanol–water partition coefficient (Wildman–Crippen LogP) is 8.35. The summed E-state index contributed by atoms with van der Waals surface area (Å²) in [7, 11) is 0. The number of hydrogen-bond acceptors (Lipinski definition) is 5. The number of rotatable bonds is 3. The van der Waals surface area contributed by atoms with E-state index in [1.54, 1.807) is 18.2 Å². The van der Waals surface area contributed by atoms with E-state index >= 15 is 0 Å². The summed E-state index contributed by atoms with van der Waals surface area (Å²) >= 11 is 0. The maximum Gasteiger partial charge on any atom is 0.238 e. The molecule has 0 aliphatic heterocycles. The molecule has 0 N–H and O–H groups in total. The summed E-state index contributed by atoms with van der Waals surface area (Å²) in [5.41, 5.74) is 8.97. The molecule has 8 rings (SSSR count). The van der Waals surface area contributed by atoms with Crippen molar-refractivity contribution in [2.45, 2.75) is 19.3 Å². The van der Waals surface area contributed by atoms with Gasteiger partial charge in [0.25, 0.3) is 0 Å². The van der Waals surface area contributed by atoms with Crippen molar-refractivity contribution < 1.29 is 0 Å². The molecular formula is C38H24N6. The third kappa shape index (κ3) is 3.75. The standard InChI is InChI=1S/C38H24N6/c1-38(2)31-12-6-3-9-27(31)30-20-25(15-16-32(30)38)35-41-36(26-18-23(21-39)17-24(19-26)22-40)43-37(42-35)44-33-13-7-4-10-28(33)29-11-5-8-14-34(29)44/h3-20H,1-2H3. The van der Waals surface area contributed by atoms with Crippen molar-refractivity contribution in [3.63, 3.8) is 0 Å². The van der Waals surface area contributed by atoms with Crippen LogP contribution in [-0.4, -0.2) is 19.5 Å². The molecule has 0 saturated carbocycles. The second kappa shape index (κ2) is 9.46. The van der Waals surface area contributed by atoms with Gasteiger partial charge in [0.05, 0.1) is 34.3 Å². The maximum absolute atomic E-state index is 9.70. The number of nitrogens with zero attached hydrogens (tertiary/aromatic N) is 6. The normalized spacial score (nSPS) is 12.9. The highest BCUT2D eigenvalue weighted by Crippen LogP contribution is 2.49. The predicted molar refractivity (Wildman–Crippen MR) is 172 cm³/mol. The summed E-state index contributed by atoms with van der Waals surface area (Å²) in [5, 5.41) is 21.6. The first kappa shape index (κ1) is 25.6. The van der Waals surface area contributed by atoms with Gasteiger partial charge in [0, 0.05) is 27.3 Å². The zero-order valence-corrected chi connectivity index (χ0v) is 24.1. The van der Waals surface area contributed by atoms with Gasteiger partial charge in [-0.3, -0.25) is 4.57 Å². The van der Waals surface area contributed by atoms with Crippen LogP contribution in [0.1, 0.15) is 36.1 Å². The molecule has 0 unspecified atom stereocenters. The number of hydrogen-bond donors (Lipinski definition) is 0. The van der Waals surface area contributed by atoms with Crippen LogP contribution >= 0.6 is 0 Å². The first-order valence-corrected chi connectivity index (χ1v) is 14.4. The highest BCUT2D eigenvalue weighted by molar-refractivity contribution is 6.09. The van der Waals surface area contributed by atoms with Crippen molar-refractivity contribution in [3.05, 3.63) is 131 Å². The summed E-state index contributed by atoms with van der Waals surface area (Å²) in [6, 6.07) is 40.7. The van der Waals surface area contributed by atoms with Crippen molar-refractivity contribution in [2.75, 3.05) is 0 Å². The molecule has 6 heteroatoms. The van der Waals surface area contributed by atoms with Crippen LogP contribution < -0.4 is 0 Å². The Morgan fingerprint density at radius 1 is 0.568 bits per heavy atom. The Balaban J connectivity index is 1.42. The summed E-state index contributed by atoms with van der Waals surface area (Å²) in [6.45, 7) is 4.52. The van der Waals surface area contributed by atoms with Crippen LogP contribution in [0.25, 0.3) is 61.7 Å². The van der Waals surface area contributed by atoms with Gasteiger partial charge in [-0.15, -0.1) is 0 Å². The van der Waals surface area contributed by atoms with E-state index < -0.39 is 0 Å². The SMILES string of the molecule is CC1(C)c2ccccc2-c2cc(-c3nc(-c4cc(C#N)cc(C#N)c4)nc(-n4c5ccccc5c5ccccc54)n3)ccc21. The Morgan fingerprint density at radius 3 is 1.80 bits per heavy atom. The number of nitriles is 2. The molecule has 0 radical (unpaired) electrons. The molecule has 1 aliphatic rings. The Labute approximate surface area is 254 Å². The monoisotopic (exact) mass is 564 g/mol. The number of aromatic nitrogens is 4.